The van der Waals surface area contributed by atoms with Gasteiger partial charge in [0.15, 0.2) is 0 Å². The number of fused-ring (bicyclic) bond motifs is 1. The van der Waals surface area contributed by atoms with Gasteiger partial charge in [0.25, 0.3) is 0 Å². The third-order valence-electron chi connectivity index (χ3n) is 5.20. The van der Waals surface area contributed by atoms with E-state index >= 15 is 0 Å². The van der Waals surface area contributed by atoms with Gasteiger partial charge in [-0.25, -0.2) is 0 Å². The van der Waals surface area contributed by atoms with Crippen LogP contribution in [0.25, 0.3) is 0 Å². The van der Waals surface area contributed by atoms with Gasteiger partial charge in [-0.3, -0.25) is 4.79 Å². The first-order chi connectivity index (χ1) is 9.60. The van der Waals surface area contributed by atoms with Crippen LogP contribution in [0.5, 0.6) is 0 Å². The maximum Gasteiger partial charge on any atom is 0.311 e. The van der Waals surface area contributed by atoms with Crippen LogP contribution in [-0.2, 0) is 11.2 Å². The highest BCUT2D eigenvalue weighted by Crippen LogP contribution is 2.48. The van der Waals surface area contributed by atoms with Crippen molar-refractivity contribution < 1.29 is 9.90 Å². The second kappa shape index (κ2) is 5.21. The van der Waals surface area contributed by atoms with Crippen LogP contribution in [0.2, 0.25) is 0 Å². The van der Waals surface area contributed by atoms with E-state index in [0.29, 0.717) is 5.92 Å². The standard InChI is InChI=1S/C17H23NO2/c1-13-4-6-14(7-5-13)8-10-18-11-15-3-2-9-17(15,12-18)16(19)20/h4-7,15H,2-3,8-12H2,1H3,(H,19,20)/t15-,17+/m0/s1. The van der Waals surface area contributed by atoms with Crippen LogP contribution in [0.3, 0.4) is 0 Å². The molecule has 0 bridgehead atoms. The zero-order chi connectivity index (χ0) is 14.2. The number of hydrogen-bond acceptors (Lipinski definition) is 2. The van der Waals surface area contributed by atoms with Crippen molar-refractivity contribution in [2.24, 2.45) is 11.3 Å². The van der Waals surface area contributed by atoms with E-state index < -0.39 is 11.4 Å². The van der Waals surface area contributed by atoms with Crippen molar-refractivity contribution in [3.63, 3.8) is 0 Å². The molecule has 1 aromatic rings. The van der Waals surface area contributed by atoms with E-state index in [1.807, 2.05) is 0 Å². The number of nitrogens with zero attached hydrogens (tertiary/aromatic N) is 1. The molecular weight excluding hydrogens is 250 g/mol. The number of aryl methyl sites for hydroxylation is 1. The first-order valence-electron chi connectivity index (χ1n) is 7.61. The first kappa shape index (κ1) is 13.6. The summed E-state index contributed by atoms with van der Waals surface area (Å²) in [6.45, 7) is 4.80. The van der Waals surface area contributed by atoms with E-state index in [4.69, 9.17) is 0 Å². The molecule has 2 aliphatic rings. The summed E-state index contributed by atoms with van der Waals surface area (Å²) in [5.41, 5.74) is 2.19. The van der Waals surface area contributed by atoms with E-state index in [9.17, 15) is 9.90 Å². The zero-order valence-electron chi connectivity index (χ0n) is 12.1. The topological polar surface area (TPSA) is 40.5 Å². The average Bonchev–Trinajstić information content (AvgIpc) is 2.95. The number of carboxylic acids is 1. The molecule has 0 unspecified atom stereocenters. The van der Waals surface area contributed by atoms with Crippen molar-refractivity contribution in [1.82, 2.24) is 4.90 Å². The predicted molar refractivity (Wildman–Crippen MR) is 78.7 cm³/mol. The van der Waals surface area contributed by atoms with Gasteiger partial charge in [-0.05, 0) is 37.7 Å². The average molecular weight is 273 g/mol. The van der Waals surface area contributed by atoms with Gasteiger partial charge >= 0.3 is 5.97 Å². The summed E-state index contributed by atoms with van der Waals surface area (Å²) < 4.78 is 0. The van der Waals surface area contributed by atoms with Crippen LogP contribution >= 0.6 is 0 Å². The molecule has 2 atom stereocenters. The SMILES string of the molecule is Cc1ccc(CCN2C[C@@H]3CCC[C@@]3(C(=O)O)C2)cc1. The Hall–Kier alpha value is -1.35. The van der Waals surface area contributed by atoms with Gasteiger partial charge < -0.3 is 10.0 Å². The van der Waals surface area contributed by atoms with Crippen molar-refractivity contribution in [2.75, 3.05) is 19.6 Å². The number of carboxylic acid groups (broad SMARTS) is 1. The van der Waals surface area contributed by atoms with Crippen LogP contribution in [0.15, 0.2) is 24.3 Å². The molecule has 1 aliphatic carbocycles. The molecule has 3 rings (SSSR count). The molecule has 1 heterocycles. The normalized spacial score (nSPS) is 29.6. The summed E-state index contributed by atoms with van der Waals surface area (Å²) in [5, 5.41) is 9.58. The molecule has 2 fully saturated rings. The zero-order valence-corrected chi connectivity index (χ0v) is 12.1. The molecule has 108 valence electrons. The van der Waals surface area contributed by atoms with Gasteiger partial charge in [0, 0.05) is 19.6 Å². The van der Waals surface area contributed by atoms with Crippen LogP contribution in [0, 0.1) is 18.3 Å². The largest absolute Gasteiger partial charge is 0.481 e. The van der Waals surface area contributed by atoms with E-state index in [1.165, 1.54) is 11.1 Å². The van der Waals surface area contributed by atoms with Gasteiger partial charge in [-0.2, -0.15) is 0 Å². The minimum Gasteiger partial charge on any atom is -0.481 e. The highest BCUT2D eigenvalue weighted by atomic mass is 16.4. The minimum absolute atomic E-state index is 0.373. The Balaban J connectivity index is 1.60. The molecule has 1 aliphatic heterocycles. The van der Waals surface area contributed by atoms with Crippen LogP contribution in [-0.4, -0.2) is 35.6 Å². The fourth-order valence-corrected chi connectivity index (χ4v) is 3.96. The number of likely N-dealkylation sites (tertiary alicyclic amines) is 1. The van der Waals surface area contributed by atoms with E-state index in [1.54, 1.807) is 0 Å². The van der Waals surface area contributed by atoms with Crippen molar-refractivity contribution in [1.29, 1.82) is 0 Å². The number of aliphatic carboxylic acids is 1. The first-order valence-corrected chi connectivity index (χ1v) is 7.61. The molecule has 3 nitrogen and oxygen atoms in total. The molecule has 1 saturated heterocycles. The number of benzene rings is 1. The van der Waals surface area contributed by atoms with Gasteiger partial charge in [0.2, 0.25) is 0 Å². The van der Waals surface area contributed by atoms with Crippen molar-refractivity contribution in [3.05, 3.63) is 35.4 Å². The Bertz CT molecular complexity index is 496. The summed E-state index contributed by atoms with van der Waals surface area (Å²) in [6.07, 6.45) is 4.06. The second-order valence-electron chi connectivity index (χ2n) is 6.52. The van der Waals surface area contributed by atoms with Crippen molar-refractivity contribution in [3.8, 4) is 0 Å². The molecule has 20 heavy (non-hydrogen) atoms. The lowest BCUT2D eigenvalue weighted by Crippen LogP contribution is -2.36. The van der Waals surface area contributed by atoms with Gasteiger partial charge in [0.05, 0.1) is 5.41 Å². The van der Waals surface area contributed by atoms with Crippen LogP contribution < -0.4 is 0 Å². The monoisotopic (exact) mass is 273 g/mol. The molecule has 1 aromatic carbocycles. The lowest BCUT2D eigenvalue weighted by Gasteiger charge is -2.23. The second-order valence-corrected chi connectivity index (χ2v) is 6.52. The fraction of sp³-hybridized carbons (Fsp3) is 0.588. The van der Waals surface area contributed by atoms with Crippen molar-refractivity contribution >= 4 is 5.97 Å². The quantitative estimate of drug-likeness (QED) is 0.917. The van der Waals surface area contributed by atoms with Gasteiger partial charge in [-0.1, -0.05) is 36.2 Å². The van der Waals surface area contributed by atoms with Gasteiger partial charge in [-0.15, -0.1) is 0 Å². The molecule has 0 amide bonds. The predicted octanol–water partition coefficient (Wildman–Crippen LogP) is 2.72. The maximum atomic E-state index is 11.6. The lowest BCUT2D eigenvalue weighted by atomic mass is 9.81. The molecule has 1 N–H and O–H groups in total. The Kier molecular flexibility index (Phi) is 3.55. The van der Waals surface area contributed by atoms with Crippen LogP contribution in [0.4, 0.5) is 0 Å². The van der Waals surface area contributed by atoms with E-state index in [2.05, 4.69) is 36.1 Å². The van der Waals surface area contributed by atoms with Crippen LogP contribution in [0.1, 0.15) is 30.4 Å². The summed E-state index contributed by atoms with van der Waals surface area (Å²) in [7, 11) is 0. The molecule has 0 aromatic heterocycles. The maximum absolute atomic E-state index is 11.6. The smallest absolute Gasteiger partial charge is 0.311 e. The Morgan fingerprint density at radius 1 is 1.40 bits per heavy atom. The Morgan fingerprint density at radius 2 is 2.15 bits per heavy atom. The summed E-state index contributed by atoms with van der Waals surface area (Å²) in [4.78, 5) is 14.0. The Labute approximate surface area is 120 Å². The third kappa shape index (κ3) is 2.35. The number of carbonyl (C=O) groups is 1. The fourth-order valence-electron chi connectivity index (χ4n) is 3.96. The summed E-state index contributed by atoms with van der Waals surface area (Å²) in [5.74, 6) is -0.198. The molecule has 1 saturated carbocycles. The van der Waals surface area contributed by atoms with Gasteiger partial charge in [0.1, 0.15) is 0 Å². The molecule has 0 spiro atoms. The number of rotatable bonds is 4. The third-order valence-corrected chi connectivity index (χ3v) is 5.20. The molecule has 3 heteroatoms. The minimum atomic E-state index is -0.571. The lowest BCUT2D eigenvalue weighted by molar-refractivity contribution is -0.149. The molecular formula is C17H23NO2. The highest BCUT2D eigenvalue weighted by Gasteiger charge is 2.54. The molecule has 0 radical (unpaired) electrons. The summed E-state index contributed by atoms with van der Waals surface area (Å²) in [6, 6.07) is 8.65. The van der Waals surface area contributed by atoms with Crippen molar-refractivity contribution in [2.45, 2.75) is 32.6 Å². The van der Waals surface area contributed by atoms with E-state index in [0.717, 1.165) is 45.3 Å². The van der Waals surface area contributed by atoms with E-state index in [-0.39, 0.29) is 0 Å². The summed E-state index contributed by atoms with van der Waals surface area (Å²) >= 11 is 0. The number of hydrogen-bond donors (Lipinski definition) is 1. The Morgan fingerprint density at radius 3 is 2.80 bits per heavy atom. The highest BCUT2D eigenvalue weighted by molar-refractivity contribution is 5.76.